The fourth-order valence-electron chi connectivity index (χ4n) is 9.06. The number of hydrogen-bond donors (Lipinski definition) is 2. The van der Waals surface area contributed by atoms with E-state index in [1.807, 2.05) is 0 Å². The molecule has 0 spiro atoms. The van der Waals surface area contributed by atoms with Crippen molar-refractivity contribution in [1.29, 1.82) is 0 Å². The third kappa shape index (κ3) is 9.01. The first-order valence-electron chi connectivity index (χ1n) is 19.0. The van der Waals surface area contributed by atoms with Gasteiger partial charge in [0.15, 0.2) is 0 Å². The lowest BCUT2D eigenvalue weighted by atomic mass is 9.67. The molecule has 4 rings (SSSR count). The molecule has 0 aliphatic heterocycles. The normalized spacial score (nSPS) is 27.6. The molecule has 6 nitrogen and oxygen atoms in total. The molecule has 1 aromatic carbocycles. The minimum absolute atomic E-state index is 0.0225. The molecule has 3 aliphatic carbocycles. The van der Waals surface area contributed by atoms with Gasteiger partial charge in [0.1, 0.15) is 0 Å². The van der Waals surface area contributed by atoms with Gasteiger partial charge < -0.3 is 16.0 Å². The summed E-state index contributed by atoms with van der Waals surface area (Å²) in [4.78, 5) is 42.9. The number of nitrogens with one attached hydrogen (secondary N) is 1. The van der Waals surface area contributed by atoms with Crippen LogP contribution in [0.15, 0.2) is 18.2 Å². The highest BCUT2D eigenvalue weighted by atomic mass is 16.2. The summed E-state index contributed by atoms with van der Waals surface area (Å²) >= 11 is 0. The highest BCUT2D eigenvalue weighted by molar-refractivity contribution is 6.02. The van der Waals surface area contributed by atoms with Gasteiger partial charge in [-0.25, -0.2) is 0 Å². The summed E-state index contributed by atoms with van der Waals surface area (Å²) < 4.78 is 0. The van der Waals surface area contributed by atoms with Gasteiger partial charge in [0, 0.05) is 34.8 Å². The Labute approximate surface area is 286 Å². The topological polar surface area (TPSA) is 92.5 Å². The Hall–Kier alpha value is -2.37. The number of carbonyl (C=O) groups excluding carboxylic acids is 3. The monoisotopic (exact) mass is 650 g/mol. The Bertz CT molecular complexity index is 1200. The smallest absolute Gasteiger partial charge is 0.254 e. The zero-order valence-corrected chi connectivity index (χ0v) is 31.3. The first-order chi connectivity index (χ1) is 22.0. The van der Waals surface area contributed by atoms with Gasteiger partial charge in [0.25, 0.3) is 5.91 Å². The van der Waals surface area contributed by atoms with Crippen LogP contribution in [-0.2, 0) is 4.79 Å². The van der Waals surface area contributed by atoms with Gasteiger partial charge in [-0.3, -0.25) is 14.4 Å². The van der Waals surface area contributed by atoms with Crippen LogP contribution in [0, 0.1) is 39.9 Å². The van der Waals surface area contributed by atoms with E-state index in [9.17, 15) is 14.4 Å². The molecule has 0 radical (unpaired) electrons. The predicted molar refractivity (Wildman–Crippen MR) is 194 cm³/mol. The lowest BCUT2D eigenvalue weighted by molar-refractivity contribution is -0.121. The standard InChI is InChI=1S/C41H67N3O3/c1-10-40(6,7)31-16-20-34(21-17-31)44(35-22-18-32(19-23-35)41(8,9)11-2)38(47)29-24-28(36(42)45)25-33(26-29)43-37(46)27-12-14-30(15-13-27)39(3,4)5/h24-27,30-32,34-35H,10-23H2,1-9H3,(H2,42,45)(H,43,46)/t27-,30+,31-,32-,34+,35+. The van der Waals surface area contributed by atoms with Crippen molar-refractivity contribution in [2.45, 2.75) is 164 Å². The second-order valence-electron chi connectivity index (χ2n) is 18.0. The maximum atomic E-state index is 14.7. The molecule has 3 N–H and O–H groups in total. The minimum atomic E-state index is -0.586. The number of nitrogens with zero attached hydrogens (tertiary/aromatic N) is 1. The molecule has 0 heterocycles. The fraction of sp³-hybridized carbons (Fsp3) is 0.780. The summed E-state index contributed by atoms with van der Waals surface area (Å²) in [5.74, 6) is 1.25. The molecule has 0 aromatic heterocycles. The average molecular weight is 650 g/mol. The summed E-state index contributed by atoms with van der Waals surface area (Å²) in [6, 6.07) is 5.44. The van der Waals surface area contributed by atoms with Crippen molar-refractivity contribution in [1.82, 2.24) is 4.90 Å². The Kier molecular flexibility index (Phi) is 12.0. The number of hydrogen-bond acceptors (Lipinski definition) is 3. The Morgan fingerprint density at radius 3 is 1.49 bits per heavy atom. The number of nitrogens with two attached hydrogens (primary N) is 1. The molecule has 0 saturated heterocycles. The molecule has 3 aliphatic rings. The van der Waals surface area contributed by atoms with Crippen LogP contribution < -0.4 is 11.1 Å². The van der Waals surface area contributed by atoms with E-state index in [4.69, 9.17) is 5.73 Å². The number of primary amides is 1. The van der Waals surface area contributed by atoms with Crippen LogP contribution in [0.4, 0.5) is 5.69 Å². The largest absolute Gasteiger partial charge is 0.366 e. The van der Waals surface area contributed by atoms with E-state index < -0.39 is 5.91 Å². The van der Waals surface area contributed by atoms with Gasteiger partial charge in [-0.05, 0) is 129 Å². The van der Waals surface area contributed by atoms with E-state index >= 15 is 0 Å². The van der Waals surface area contributed by atoms with Crippen molar-refractivity contribution in [2.75, 3.05) is 5.32 Å². The Balaban J connectivity index is 1.58. The van der Waals surface area contributed by atoms with Crippen molar-refractivity contribution in [2.24, 2.45) is 45.7 Å². The Morgan fingerprint density at radius 1 is 0.660 bits per heavy atom. The van der Waals surface area contributed by atoms with Crippen LogP contribution in [0.3, 0.4) is 0 Å². The zero-order chi connectivity index (χ0) is 34.7. The molecule has 0 unspecified atom stereocenters. The second kappa shape index (κ2) is 15.0. The molecule has 1 aromatic rings. The van der Waals surface area contributed by atoms with Crippen molar-refractivity contribution in [3.05, 3.63) is 29.3 Å². The van der Waals surface area contributed by atoms with Crippen molar-refractivity contribution >= 4 is 23.4 Å². The van der Waals surface area contributed by atoms with Gasteiger partial charge >= 0.3 is 0 Å². The van der Waals surface area contributed by atoms with Crippen LogP contribution in [-0.4, -0.2) is 34.7 Å². The molecule has 264 valence electrons. The maximum absolute atomic E-state index is 14.7. The summed E-state index contributed by atoms with van der Waals surface area (Å²) in [5.41, 5.74) is 7.88. The fourth-order valence-corrected chi connectivity index (χ4v) is 9.06. The summed E-state index contributed by atoms with van der Waals surface area (Å²) in [6.07, 6.45) is 14.7. The van der Waals surface area contributed by atoms with Crippen molar-refractivity contribution < 1.29 is 14.4 Å². The van der Waals surface area contributed by atoms with E-state index in [-0.39, 0.29) is 40.8 Å². The maximum Gasteiger partial charge on any atom is 0.254 e. The number of anilines is 1. The lowest BCUT2D eigenvalue weighted by Crippen LogP contribution is -2.51. The molecule has 0 atom stereocenters. The zero-order valence-electron chi connectivity index (χ0n) is 31.3. The highest BCUT2D eigenvalue weighted by Gasteiger charge is 2.41. The molecular formula is C41H67N3O3. The van der Waals surface area contributed by atoms with Gasteiger partial charge in [-0.2, -0.15) is 0 Å². The van der Waals surface area contributed by atoms with Gasteiger partial charge in [-0.15, -0.1) is 0 Å². The highest BCUT2D eigenvalue weighted by Crippen LogP contribution is 2.45. The predicted octanol–water partition coefficient (Wildman–Crippen LogP) is 10.0. The third-order valence-corrected chi connectivity index (χ3v) is 13.5. The molecule has 3 fully saturated rings. The SMILES string of the molecule is CCC(C)(C)[C@H]1CC[C@@H](N(C(=O)c2cc(NC(=O)[C@H]3CC[C@@H](C(C)(C)C)CC3)cc(C(N)=O)c2)[C@H]2CC[C@@H](C(C)(C)CC)CC2)CC1. The van der Waals surface area contributed by atoms with Crippen molar-refractivity contribution in [3.63, 3.8) is 0 Å². The van der Waals surface area contributed by atoms with Gasteiger partial charge in [0.05, 0.1) is 0 Å². The summed E-state index contributed by atoms with van der Waals surface area (Å²) in [6.45, 7) is 21.0. The molecule has 6 heteroatoms. The van der Waals surface area contributed by atoms with E-state index in [1.54, 1.807) is 18.2 Å². The second-order valence-corrected chi connectivity index (χ2v) is 18.0. The quantitative estimate of drug-likeness (QED) is 0.264. The third-order valence-electron chi connectivity index (χ3n) is 13.5. The average Bonchev–Trinajstić information content (AvgIpc) is 3.04. The van der Waals surface area contributed by atoms with Crippen LogP contribution in [0.1, 0.15) is 173 Å². The van der Waals surface area contributed by atoms with E-state index in [2.05, 4.69) is 72.5 Å². The van der Waals surface area contributed by atoms with E-state index in [0.717, 1.165) is 89.9 Å². The summed E-state index contributed by atoms with van der Waals surface area (Å²) in [7, 11) is 0. The van der Waals surface area contributed by atoms with Gasteiger partial charge in [0.2, 0.25) is 11.8 Å². The molecule has 47 heavy (non-hydrogen) atoms. The van der Waals surface area contributed by atoms with Crippen LogP contribution >= 0.6 is 0 Å². The van der Waals surface area contributed by atoms with Crippen LogP contribution in [0.25, 0.3) is 0 Å². The molecular weight excluding hydrogens is 582 g/mol. The van der Waals surface area contributed by atoms with E-state index in [1.165, 1.54) is 0 Å². The van der Waals surface area contributed by atoms with Crippen LogP contribution in [0.5, 0.6) is 0 Å². The first kappa shape index (κ1) is 37.4. The lowest BCUT2D eigenvalue weighted by Gasteiger charge is -2.47. The molecule has 3 saturated carbocycles. The first-order valence-corrected chi connectivity index (χ1v) is 19.0. The number of benzene rings is 1. The number of rotatable bonds is 10. The molecule has 0 bridgehead atoms. The number of carbonyl (C=O) groups is 3. The van der Waals surface area contributed by atoms with E-state index in [0.29, 0.717) is 39.8 Å². The van der Waals surface area contributed by atoms with Gasteiger partial charge in [-0.1, -0.05) is 75.2 Å². The number of amides is 3. The van der Waals surface area contributed by atoms with Crippen molar-refractivity contribution in [3.8, 4) is 0 Å². The summed E-state index contributed by atoms with van der Waals surface area (Å²) in [5, 5.41) is 3.09. The Morgan fingerprint density at radius 2 is 1.09 bits per heavy atom. The minimum Gasteiger partial charge on any atom is -0.366 e. The molecule has 3 amide bonds. The van der Waals surface area contributed by atoms with Crippen LogP contribution in [0.2, 0.25) is 0 Å².